The lowest BCUT2D eigenvalue weighted by molar-refractivity contribution is 0.112. The van der Waals surface area contributed by atoms with E-state index in [0.29, 0.717) is 0 Å². The summed E-state index contributed by atoms with van der Waals surface area (Å²) in [5, 5.41) is 0. The van der Waals surface area contributed by atoms with Gasteiger partial charge in [-0.2, -0.15) is 0 Å². The summed E-state index contributed by atoms with van der Waals surface area (Å²) in [6.07, 6.45) is 0.860. The third-order valence-corrected chi connectivity index (χ3v) is 1.77. The van der Waals surface area contributed by atoms with Gasteiger partial charge in [0.15, 0.2) is 0 Å². The fraction of sp³-hybridized carbons (Fsp3) is 0.125. The van der Waals surface area contributed by atoms with E-state index in [4.69, 9.17) is 0 Å². The molecule has 0 unspecified atom stereocenters. The molecular weight excluding hydrogens is 140 g/mol. The molecule has 0 amide bonds. The fourth-order valence-electron chi connectivity index (χ4n) is 1.19. The zero-order chi connectivity index (χ0) is 7.68. The maximum absolute atomic E-state index is 10.4. The molecule has 0 atom stereocenters. The number of hydrogen-bond acceptors (Lipinski definition) is 3. The number of aldehydes is 1. The van der Waals surface area contributed by atoms with Crippen molar-refractivity contribution in [2.24, 2.45) is 0 Å². The molecule has 1 aliphatic rings. The van der Waals surface area contributed by atoms with Crippen molar-refractivity contribution in [1.82, 2.24) is 5.43 Å². The van der Waals surface area contributed by atoms with Crippen LogP contribution in [0.3, 0.4) is 0 Å². The Morgan fingerprint density at radius 3 is 3.18 bits per heavy atom. The predicted octanol–water partition coefficient (Wildman–Crippen LogP) is 0.929. The van der Waals surface area contributed by atoms with Crippen LogP contribution in [0.5, 0.6) is 0 Å². The first-order valence-electron chi connectivity index (χ1n) is 3.47. The number of hydrazine groups is 1. The Labute approximate surface area is 64.4 Å². The van der Waals surface area contributed by atoms with Gasteiger partial charge < -0.3 is 5.43 Å². The molecule has 0 aliphatic carbocycles. The van der Waals surface area contributed by atoms with Gasteiger partial charge in [-0.25, -0.2) is 5.43 Å². The van der Waals surface area contributed by atoms with Crippen molar-refractivity contribution in [2.45, 2.75) is 6.54 Å². The fourth-order valence-corrected chi connectivity index (χ4v) is 1.19. The average molecular weight is 148 g/mol. The van der Waals surface area contributed by atoms with Crippen LogP contribution in [0.25, 0.3) is 0 Å². The zero-order valence-electron chi connectivity index (χ0n) is 5.92. The van der Waals surface area contributed by atoms with Crippen molar-refractivity contribution < 1.29 is 4.79 Å². The van der Waals surface area contributed by atoms with Crippen LogP contribution in [0, 0.1) is 0 Å². The molecule has 1 aromatic carbocycles. The summed E-state index contributed by atoms with van der Waals surface area (Å²) in [7, 11) is 0. The SMILES string of the molecule is O=Cc1ccc2c(c1)CNN2. The molecular formula is C8H8N2O. The Morgan fingerprint density at radius 1 is 1.45 bits per heavy atom. The van der Waals surface area contributed by atoms with Crippen molar-refractivity contribution in [3.63, 3.8) is 0 Å². The van der Waals surface area contributed by atoms with Gasteiger partial charge in [-0.1, -0.05) is 0 Å². The molecule has 0 bridgehead atoms. The topological polar surface area (TPSA) is 41.1 Å². The Bertz CT molecular complexity index is 296. The van der Waals surface area contributed by atoms with Gasteiger partial charge in [0.05, 0.1) is 5.69 Å². The summed E-state index contributed by atoms with van der Waals surface area (Å²) < 4.78 is 0. The van der Waals surface area contributed by atoms with Crippen LogP contribution in [0.2, 0.25) is 0 Å². The van der Waals surface area contributed by atoms with E-state index in [1.165, 1.54) is 0 Å². The van der Waals surface area contributed by atoms with E-state index < -0.39 is 0 Å². The summed E-state index contributed by atoms with van der Waals surface area (Å²) in [5.41, 5.74) is 8.90. The summed E-state index contributed by atoms with van der Waals surface area (Å²) in [5.74, 6) is 0. The normalized spacial score (nSPS) is 13.8. The Kier molecular flexibility index (Phi) is 1.36. The highest BCUT2D eigenvalue weighted by Gasteiger charge is 2.08. The van der Waals surface area contributed by atoms with Gasteiger partial charge in [0, 0.05) is 12.1 Å². The lowest BCUT2D eigenvalue weighted by atomic mass is 10.1. The second-order valence-electron chi connectivity index (χ2n) is 2.51. The minimum absolute atomic E-state index is 0.731. The van der Waals surface area contributed by atoms with Crippen LogP contribution in [-0.4, -0.2) is 6.29 Å². The molecule has 0 radical (unpaired) electrons. The molecule has 2 rings (SSSR count). The van der Waals surface area contributed by atoms with E-state index in [1.807, 2.05) is 12.1 Å². The molecule has 0 saturated carbocycles. The highest BCUT2D eigenvalue weighted by Crippen LogP contribution is 2.19. The smallest absolute Gasteiger partial charge is 0.150 e. The van der Waals surface area contributed by atoms with Crippen LogP contribution < -0.4 is 10.9 Å². The number of nitrogens with one attached hydrogen (secondary N) is 2. The number of benzene rings is 1. The van der Waals surface area contributed by atoms with Crippen molar-refractivity contribution >= 4 is 12.0 Å². The maximum Gasteiger partial charge on any atom is 0.150 e. The van der Waals surface area contributed by atoms with Gasteiger partial charge in [0.2, 0.25) is 0 Å². The second kappa shape index (κ2) is 2.36. The highest BCUT2D eigenvalue weighted by molar-refractivity contribution is 5.77. The van der Waals surface area contributed by atoms with E-state index in [1.54, 1.807) is 6.07 Å². The van der Waals surface area contributed by atoms with Crippen LogP contribution in [0.4, 0.5) is 5.69 Å². The van der Waals surface area contributed by atoms with Crippen LogP contribution in [0.15, 0.2) is 18.2 Å². The monoisotopic (exact) mass is 148 g/mol. The van der Waals surface area contributed by atoms with E-state index in [2.05, 4.69) is 10.9 Å². The lowest BCUT2D eigenvalue weighted by Crippen LogP contribution is -2.10. The largest absolute Gasteiger partial charge is 0.321 e. The Balaban J connectivity index is 2.48. The van der Waals surface area contributed by atoms with Crippen molar-refractivity contribution in [1.29, 1.82) is 0 Å². The van der Waals surface area contributed by atoms with Gasteiger partial charge >= 0.3 is 0 Å². The number of carbonyl (C=O) groups excluding carboxylic acids is 1. The molecule has 1 heterocycles. The quantitative estimate of drug-likeness (QED) is 0.582. The Morgan fingerprint density at radius 2 is 2.36 bits per heavy atom. The summed E-state index contributed by atoms with van der Waals surface area (Å²) >= 11 is 0. The van der Waals surface area contributed by atoms with Crippen molar-refractivity contribution in [2.75, 3.05) is 5.43 Å². The van der Waals surface area contributed by atoms with Crippen molar-refractivity contribution in [3.05, 3.63) is 29.3 Å². The van der Waals surface area contributed by atoms with Gasteiger partial charge in [-0.05, 0) is 23.8 Å². The van der Waals surface area contributed by atoms with Gasteiger partial charge in [0.25, 0.3) is 0 Å². The molecule has 0 spiro atoms. The average Bonchev–Trinajstić information content (AvgIpc) is 2.50. The number of anilines is 1. The molecule has 1 aromatic rings. The third-order valence-electron chi connectivity index (χ3n) is 1.77. The summed E-state index contributed by atoms with van der Waals surface area (Å²) in [6, 6.07) is 5.58. The number of fused-ring (bicyclic) bond motifs is 1. The van der Waals surface area contributed by atoms with Crippen LogP contribution >= 0.6 is 0 Å². The van der Waals surface area contributed by atoms with E-state index >= 15 is 0 Å². The molecule has 1 aliphatic heterocycles. The molecule has 3 heteroatoms. The minimum atomic E-state index is 0.731. The maximum atomic E-state index is 10.4. The first-order valence-corrected chi connectivity index (χ1v) is 3.47. The van der Waals surface area contributed by atoms with Gasteiger partial charge in [-0.15, -0.1) is 0 Å². The van der Waals surface area contributed by atoms with Crippen LogP contribution in [-0.2, 0) is 6.54 Å². The molecule has 56 valence electrons. The van der Waals surface area contributed by atoms with E-state index in [9.17, 15) is 4.79 Å². The first-order chi connectivity index (χ1) is 5.40. The third kappa shape index (κ3) is 0.991. The molecule has 0 saturated heterocycles. The molecule has 3 nitrogen and oxygen atoms in total. The summed E-state index contributed by atoms with van der Waals surface area (Å²) in [6.45, 7) is 0.789. The Hall–Kier alpha value is -1.35. The highest BCUT2D eigenvalue weighted by atomic mass is 16.1. The molecule has 2 N–H and O–H groups in total. The van der Waals surface area contributed by atoms with Crippen molar-refractivity contribution in [3.8, 4) is 0 Å². The zero-order valence-corrected chi connectivity index (χ0v) is 5.92. The number of hydrogen-bond donors (Lipinski definition) is 2. The van der Waals surface area contributed by atoms with Crippen LogP contribution in [0.1, 0.15) is 15.9 Å². The predicted molar refractivity (Wildman–Crippen MR) is 42.3 cm³/mol. The van der Waals surface area contributed by atoms with Gasteiger partial charge in [-0.3, -0.25) is 4.79 Å². The number of rotatable bonds is 1. The first kappa shape index (κ1) is 6.37. The van der Waals surface area contributed by atoms with E-state index in [-0.39, 0.29) is 0 Å². The molecule has 0 aromatic heterocycles. The lowest BCUT2D eigenvalue weighted by Gasteiger charge is -1.96. The standard InChI is InChI=1S/C8H8N2O/c11-5-6-1-2-8-7(3-6)4-9-10-8/h1-3,5,9-10H,4H2. The summed E-state index contributed by atoms with van der Waals surface area (Å²) in [4.78, 5) is 10.4. The minimum Gasteiger partial charge on any atom is -0.321 e. The second-order valence-corrected chi connectivity index (χ2v) is 2.51. The number of carbonyl (C=O) groups is 1. The molecule has 0 fully saturated rings. The molecule has 11 heavy (non-hydrogen) atoms. The van der Waals surface area contributed by atoms with E-state index in [0.717, 1.165) is 29.6 Å². The van der Waals surface area contributed by atoms with Gasteiger partial charge in [0.1, 0.15) is 6.29 Å².